The lowest BCUT2D eigenvalue weighted by Crippen LogP contribution is -2.37. The van der Waals surface area contributed by atoms with Gasteiger partial charge in [-0.25, -0.2) is 4.79 Å². The highest BCUT2D eigenvalue weighted by atomic mass is 32.3. The summed E-state index contributed by atoms with van der Waals surface area (Å²) in [4.78, 5) is 10.4. The molecule has 0 unspecified atom stereocenters. The Morgan fingerprint density at radius 2 is 1.86 bits per heavy atom. The summed E-state index contributed by atoms with van der Waals surface area (Å²) in [6.45, 7) is 2.70. The van der Waals surface area contributed by atoms with Crippen LogP contribution in [0.15, 0.2) is 0 Å². The molecule has 84 valence electrons. The molecular weight excluding hydrogens is 225 g/mol. The fourth-order valence-corrected chi connectivity index (χ4v) is 0.684. The maximum absolute atomic E-state index is 12.3. The number of carbonyl (C=O) groups is 1. The van der Waals surface area contributed by atoms with Gasteiger partial charge in [0.05, 0.1) is 6.61 Å². The third-order valence-electron chi connectivity index (χ3n) is 1.09. The van der Waals surface area contributed by atoms with E-state index in [2.05, 4.69) is 4.74 Å². The van der Waals surface area contributed by atoms with Crippen molar-refractivity contribution in [1.82, 2.24) is 0 Å². The van der Waals surface area contributed by atoms with Crippen LogP contribution in [0.1, 0.15) is 13.8 Å². The Labute approximate surface area is 79.3 Å². The van der Waals surface area contributed by atoms with Crippen LogP contribution in [-0.4, -0.2) is 26.2 Å². The minimum Gasteiger partial charge on any atom is -0.460 e. The lowest BCUT2D eigenvalue weighted by molar-refractivity contribution is -0.162. The molecule has 0 atom stereocenters. The molecule has 0 aromatic heterocycles. The highest BCUT2D eigenvalue weighted by Crippen LogP contribution is 2.25. The van der Waals surface area contributed by atoms with Crippen molar-refractivity contribution in [2.24, 2.45) is 5.92 Å². The highest BCUT2D eigenvalue weighted by molar-refractivity contribution is 7.88. The molecule has 8 heteroatoms. The molecule has 0 aliphatic heterocycles. The number of hydrogen-bond acceptors (Lipinski definition) is 4. The average Bonchev–Trinajstić information content (AvgIpc) is 1.97. The second kappa shape index (κ2) is 4.16. The SMILES string of the molecule is CC(C)COC(=O)C(F)(F)S(=O)(=O)F. The summed E-state index contributed by atoms with van der Waals surface area (Å²) < 4.78 is 60.1. The summed E-state index contributed by atoms with van der Waals surface area (Å²) in [5.74, 6) is -2.65. The number of carbonyl (C=O) groups excluding carboxylic acids is 1. The molecule has 0 aliphatic carbocycles. The van der Waals surface area contributed by atoms with Gasteiger partial charge in [0.1, 0.15) is 0 Å². The second-order valence-electron chi connectivity index (χ2n) is 2.95. The molecule has 0 rings (SSSR count). The molecule has 0 spiro atoms. The van der Waals surface area contributed by atoms with E-state index in [1.165, 1.54) is 0 Å². The Morgan fingerprint density at radius 1 is 1.43 bits per heavy atom. The van der Waals surface area contributed by atoms with Gasteiger partial charge in [0.2, 0.25) is 0 Å². The average molecular weight is 234 g/mol. The van der Waals surface area contributed by atoms with Crippen LogP contribution in [0.2, 0.25) is 0 Å². The first-order valence-electron chi connectivity index (χ1n) is 3.58. The zero-order valence-electron chi connectivity index (χ0n) is 7.46. The summed E-state index contributed by atoms with van der Waals surface area (Å²) in [5, 5.41) is -5.12. The molecule has 0 aromatic carbocycles. The topological polar surface area (TPSA) is 60.4 Å². The number of alkyl halides is 2. The van der Waals surface area contributed by atoms with Gasteiger partial charge in [0.25, 0.3) is 0 Å². The Hall–Kier alpha value is -0.790. The molecule has 0 aliphatic rings. The monoisotopic (exact) mass is 234 g/mol. The number of rotatable bonds is 4. The number of halogens is 3. The Balaban J connectivity index is 4.54. The van der Waals surface area contributed by atoms with Gasteiger partial charge >= 0.3 is 21.4 Å². The summed E-state index contributed by atoms with van der Waals surface area (Å²) in [5.41, 5.74) is 0. The summed E-state index contributed by atoms with van der Waals surface area (Å²) in [7, 11) is -6.26. The molecular formula is C6H9F3O4S. The highest BCUT2D eigenvalue weighted by Gasteiger charge is 2.55. The van der Waals surface area contributed by atoms with Crippen LogP contribution in [0, 0.1) is 5.92 Å². The van der Waals surface area contributed by atoms with Crippen molar-refractivity contribution in [3.8, 4) is 0 Å². The molecule has 0 aromatic rings. The minimum absolute atomic E-state index is 0.253. The molecule has 0 amide bonds. The molecule has 0 heterocycles. The molecule has 0 radical (unpaired) electrons. The summed E-state index contributed by atoms with van der Waals surface area (Å²) >= 11 is 0. The van der Waals surface area contributed by atoms with Gasteiger partial charge < -0.3 is 4.74 Å². The first kappa shape index (κ1) is 13.2. The van der Waals surface area contributed by atoms with E-state index in [9.17, 15) is 25.9 Å². The molecule has 0 saturated heterocycles. The van der Waals surface area contributed by atoms with E-state index in [0.717, 1.165) is 0 Å². The lowest BCUT2D eigenvalue weighted by atomic mass is 10.2. The van der Waals surface area contributed by atoms with Gasteiger partial charge in [-0.05, 0) is 5.92 Å². The zero-order valence-corrected chi connectivity index (χ0v) is 8.28. The molecule has 0 bridgehead atoms. The smallest absolute Gasteiger partial charge is 0.460 e. The predicted molar refractivity (Wildman–Crippen MR) is 40.8 cm³/mol. The summed E-state index contributed by atoms with van der Waals surface area (Å²) in [6.07, 6.45) is 0. The van der Waals surface area contributed by atoms with Gasteiger partial charge in [-0.1, -0.05) is 17.7 Å². The molecule has 14 heavy (non-hydrogen) atoms. The number of hydrogen-bond donors (Lipinski definition) is 0. The van der Waals surface area contributed by atoms with E-state index in [1.807, 2.05) is 0 Å². The van der Waals surface area contributed by atoms with Gasteiger partial charge in [0.15, 0.2) is 0 Å². The molecule has 0 N–H and O–H groups in total. The van der Waals surface area contributed by atoms with Crippen LogP contribution < -0.4 is 0 Å². The predicted octanol–water partition coefficient (Wildman–Crippen LogP) is 1.08. The van der Waals surface area contributed by atoms with E-state index in [0.29, 0.717) is 0 Å². The first-order valence-corrected chi connectivity index (χ1v) is 4.96. The van der Waals surface area contributed by atoms with Crippen LogP contribution >= 0.6 is 0 Å². The Morgan fingerprint density at radius 3 is 2.14 bits per heavy atom. The van der Waals surface area contributed by atoms with E-state index in [4.69, 9.17) is 0 Å². The van der Waals surface area contributed by atoms with E-state index >= 15 is 0 Å². The van der Waals surface area contributed by atoms with Crippen LogP contribution in [-0.2, 0) is 19.8 Å². The number of esters is 1. The Kier molecular flexibility index (Phi) is 3.92. The van der Waals surface area contributed by atoms with Crippen LogP contribution in [0.3, 0.4) is 0 Å². The van der Waals surface area contributed by atoms with Crippen LogP contribution in [0.4, 0.5) is 12.7 Å². The van der Waals surface area contributed by atoms with Crippen molar-refractivity contribution in [1.29, 1.82) is 0 Å². The van der Waals surface area contributed by atoms with Crippen LogP contribution in [0.5, 0.6) is 0 Å². The standard InChI is InChI=1S/C6H9F3O4S/c1-4(2)3-13-5(10)6(7,8)14(9,11)12/h4H,3H2,1-2H3. The summed E-state index contributed by atoms with van der Waals surface area (Å²) in [6, 6.07) is 0. The van der Waals surface area contributed by atoms with E-state index in [-0.39, 0.29) is 5.92 Å². The number of ether oxygens (including phenoxy) is 1. The Bertz CT molecular complexity index is 309. The van der Waals surface area contributed by atoms with Crippen molar-refractivity contribution in [2.75, 3.05) is 6.61 Å². The van der Waals surface area contributed by atoms with Crippen molar-refractivity contribution in [3.63, 3.8) is 0 Å². The van der Waals surface area contributed by atoms with Crippen molar-refractivity contribution in [2.45, 2.75) is 19.1 Å². The zero-order chi connectivity index (χ0) is 11.6. The fraction of sp³-hybridized carbons (Fsp3) is 0.833. The molecule has 0 saturated carbocycles. The van der Waals surface area contributed by atoms with Crippen molar-refractivity contribution in [3.05, 3.63) is 0 Å². The third-order valence-corrected chi connectivity index (χ3v) is 1.87. The van der Waals surface area contributed by atoms with Gasteiger partial charge in [0, 0.05) is 0 Å². The van der Waals surface area contributed by atoms with Crippen molar-refractivity contribution < 1.29 is 30.6 Å². The second-order valence-corrected chi connectivity index (χ2v) is 4.34. The lowest BCUT2D eigenvalue weighted by Gasteiger charge is -2.11. The largest absolute Gasteiger partial charge is 0.470 e. The fourth-order valence-electron chi connectivity index (χ4n) is 0.426. The minimum atomic E-state index is -6.26. The van der Waals surface area contributed by atoms with Crippen molar-refractivity contribution >= 4 is 16.2 Å². The third kappa shape index (κ3) is 3.17. The van der Waals surface area contributed by atoms with E-state index < -0.39 is 28.1 Å². The van der Waals surface area contributed by atoms with Crippen LogP contribution in [0.25, 0.3) is 0 Å². The maximum atomic E-state index is 12.3. The van der Waals surface area contributed by atoms with E-state index in [1.54, 1.807) is 13.8 Å². The quantitative estimate of drug-likeness (QED) is 0.539. The van der Waals surface area contributed by atoms with Gasteiger partial charge in [-0.3, -0.25) is 0 Å². The molecule has 0 fully saturated rings. The normalized spacial score (nSPS) is 13.0. The van der Waals surface area contributed by atoms with Gasteiger partial charge in [-0.2, -0.15) is 17.2 Å². The van der Waals surface area contributed by atoms with Gasteiger partial charge in [-0.15, -0.1) is 0 Å². The first-order chi connectivity index (χ1) is 6.09. The maximum Gasteiger partial charge on any atom is 0.470 e. The molecule has 4 nitrogen and oxygen atoms in total.